The summed E-state index contributed by atoms with van der Waals surface area (Å²) < 4.78 is 4.96. The Morgan fingerprint density at radius 1 is 1.38 bits per heavy atom. The summed E-state index contributed by atoms with van der Waals surface area (Å²) in [6, 6.07) is 0.0963. The molecule has 3 N–H and O–H groups in total. The molecule has 0 aliphatic heterocycles. The molecule has 1 atom stereocenters. The van der Waals surface area contributed by atoms with Gasteiger partial charge in [-0.1, -0.05) is 13.8 Å². The second-order valence-electron chi connectivity index (χ2n) is 4.25. The quantitative estimate of drug-likeness (QED) is 0.676. The molecule has 0 aromatic rings. The van der Waals surface area contributed by atoms with Crippen LogP contribution in [-0.4, -0.2) is 50.3 Å². The number of urea groups is 1. The molecule has 0 spiro atoms. The van der Waals surface area contributed by atoms with Crippen LogP contribution in [0.1, 0.15) is 20.8 Å². The molecule has 0 aromatic heterocycles. The Balaban J connectivity index is 4.15. The molecule has 0 radical (unpaired) electrons. The van der Waals surface area contributed by atoms with E-state index in [2.05, 4.69) is 19.2 Å². The summed E-state index contributed by atoms with van der Waals surface area (Å²) in [5, 5.41) is 2.95. The predicted molar refractivity (Wildman–Crippen MR) is 65.3 cm³/mol. The number of carbonyl (C=O) groups is 1. The molecule has 0 heterocycles. The van der Waals surface area contributed by atoms with Crippen molar-refractivity contribution in [2.45, 2.75) is 26.8 Å². The Labute approximate surface area is 98.3 Å². The topological polar surface area (TPSA) is 67.6 Å². The highest BCUT2D eigenvalue weighted by atomic mass is 16.5. The van der Waals surface area contributed by atoms with Gasteiger partial charge in [0, 0.05) is 32.8 Å². The predicted octanol–water partition coefficient (Wildman–Crippen LogP) is 0.648. The van der Waals surface area contributed by atoms with Crippen LogP contribution < -0.4 is 11.1 Å². The van der Waals surface area contributed by atoms with Crippen LogP contribution in [0.15, 0.2) is 0 Å². The van der Waals surface area contributed by atoms with Gasteiger partial charge in [-0.2, -0.15) is 0 Å². The SMILES string of the molecule is COCCN(CCN)C(=O)NC(C)C(C)C. The maximum Gasteiger partial charge on any atom is 0.317 e. The van der Waals surface area contributed by atoms with E-state index in [1.165, 1.54) is 0 Å². The zero-order valence-electron chi connectivity index (χ0n) is 10.8. The Morgan fingerprint density at radius 2 is 2.00 bits per heavy atom. The maximum absolute atomic E-state index is 11.9. The van der Waals surface area contributed by atoms with Crippen LogP contribution in [0.5, 0.6) is 0 Å². The number of nitrogens with two attached hydrogens (primary N) is 1. The summed E-state index contributed by atoms with van der Waals surface area (Å²) in [6.45, 7) is 8.28. The van der Waals surface area contributed by atoms with Gasteiger partial charge in [0.1, 0.15) is 0 Å². The van der Waals surface area contributed by atoms with E-state index < -0.39 is 0 Å². The first kappa shape index (κ1) is 15.2. The summed E-state index contributed by atoms with van der Waals surface area (Å²) in [5.74, 6) is 0.422. The smallest absolute Gasteiger partial charge is 0.317 e. The minimum atomic E-state index is -0.0660. The molecule has 0 bridgehead atoms. The van der Waals surface area contributed by atoms with Gasteiger partial charge >= 0.3 is 6.03 Å². The summed E-state index contributed by atoms with van der Waals surface area (Å²) in [7, 11) is 1.62. The average Bonchev–Trinajstić information content (AvgIpc) is 2.23. The van der Waals surface area contributed by atoms with Gasteiger partial charge in [-0.15, -0.1) is 0 Å². The fourth-order valence-corrected chi connectivity index (χ4v) is 1.12. The second-order valence-corrected chi connectivity index (χ2v) is 4.25. The molecule has 0 aliphatic carbocycles. The van der Waals surface area contributed by atoms with Crippen molar-refractivity contribution in [3.63, 3.8) is 0 Å². The van der Waals surface area contributed by atoms with Crippen molar-refractivity contribution >= 4 is 6.03 Å². The van der Waals surface area contributed by atoms with Crippen LogP contribution in [0.4, 0.5) is 4.79 Å². The molecule has 0 saturated heterocycles. The number of rotatable bonds is 7. The van der Waals surface area contributed by atoms with Gasteiger partial charge < -0.3 is 20.7 Å². The third-order valence-corrected chi connectivity index (χ3v) is 2.60. The normalized spacial score (nSPS) is 12.6. The van der Waals surface area contributed by atoms with Crippen molar-refractivity contribution < 1.29 is 9.53 Å². The Kier molecular flexibility index (Phi) is 7.93. The van der Waals surface area contributed by atoms with Crippen LogP contribution in [0.2, 0.25) is 0 Å². The van der Waals surface area contributed by atoms with Crippen molar-refractivity contribution in [1.29, 1.82) is 0 Å². The van der Waals surface area contributed by atoms with E-state index in [-0.39, 0.29) is 12.1 Å². The van der Waals surface area contributed by atoms with Gasteiger partial charge in [0.25, 0.3) is 0 Å². The first-order chi connectivity index (χ1) is 7.52. The summed E-state index contributed by atoms with van der Waals surface area (Å²) in [6.07, 6.45) is 0. The monoisotopic (exact) mass is 231 g/mol. The molecule has 0 rings (SSSR count). The fraction of sp³-hybridized carbons (Fsp3) is 0.909. The molecule has 0 aliphatic rings. The number of nitrogens with one attached hydrogen (secondary N) is 1. The molecule has 0 fully saturated rings. The first-order valence-electron chi connectivity index (χ1n) is 5.77. The summed E-state index contributed by atoms with van der Waals surface area (Å²) >= 11 is 0. The molecular weight excluding hydrogens is 206 g/mol. The number of ether oxygens (including phenoxy) is 1. The molecule has 1 unspecified atom stereocenters. The molecule has 96 valence electrons. The van der Waals surface area contributed by atoms with E-state index in [0.29, 0.717) is 32.2 Å². The summed E-state index contributed by atoms with van der Waals surface area (Å²) in [5.41, 5.74) is 5.47. The second kappa shape index (κ2) is 8.35. The molecule has 5 nitrogen and oxygen atoms in total. The largest absolute Gasteiger partial charge is 0.383 e. The molecule has 16 heavy (non-hydrogen) atoms. The van der Waals surface area contributed by atoms with Gasteiger partial charge in [-0.3, -0.25) is 0 Å². The number of methoxy groups -OCH3 is 1. The minimum absolute atomic E-state index is 0.0660. The van der Waals surface area contributed by atoms with Gasteiger partial charge in [-0.25, -0.2) is 4.79 Å². The van der Waals surface area contributed by atoms with Crippen LogP contribution in [0, 0.1) is 5.92 Å². The molecule has 2 amide bonds. The van der Waals surface area contributed by atoms with E-state index in [1.807, 2.05) is 6.92 Å². The van der Waals surface area contributed by atoms with Gasteiger partial charge in [0.2, 0.25) is 0 Å². The Hall–Kier alpha value is -0.810. The van der Waals surface area contributed by atoms with Crippen LogP contribution in [-0.2, 0) is 4.74 Å². The third-order valence-electron chi connectivity index (χ3n) is 2.60. The van der Waals surface area contributed by atoms with E-state index in [0.717, 1.165) is 0 Å². The molecular formula is C11H25N3O2. The molecule has 5 heteroatoms. The molecule has 0 saturated carbocycles. The number of amides is 2. The van der Waals surface area contributed by atoms with Crippen molar-refractivity contribution in [3.8, 4) is 0 Å². The van der Waals surface area contributed by atoms with Crippen molar-refractivity contribution in [2.24, 2.45) is 11.7 Å². The van der Waals surface area contributed by atoms with Crippen LogP contribution >= 0.6 is 0 Å². The van der Waals surface area contributed by atoms with Gasteiger partial charge in [-0.05, 0) is 12.8 Å². The summed E-state index contributed by atoms with van der Waals surface area (Å²) in [4.78, 5) is 13.5. The van der Waals surface area contributed by atoms with E-state index in [9.17, 15) is 4.79 Å². The number of nitrogens with zero attached hydrogens (tertiary/aromatic N) is 1. The van der Waals surface area contributed by atoms with Gasteiger partial charge in [0.05, 0.1) is 6.61 Å². The first-order valence-corrected chi connectivity index (χ1v) is 5.77. The average molecular weight is 231 g/mol. The zero-order chi connectivity index (χ0) is 12.6. The number of carbonyl (C=O) groups excluding carboxylic acids is 1. The van der Waals surface area contributed by atoms with Gasteiger partial charge in [0.15, 0.2) is 0 Å². The zero-order valence-corrected chi connectivity index (χ0v) is 10.8. The lowest BCUT2D eigenvalue weighted by Gasteiger charge is -2.26. The lowest BCUT2D eigenvalue weighted by molar-refractivity contribution is 0.148. The van der Waals surface area contributed by atoms with Crippen molar-refractivity contribution in [3.05, 3.63) is 0 Å². The standard InChI is InChI=1S/C11H25N3O2/c1-9(2)10(3)13-11(15)14(6-5-12)7-8-16-4/h9-10H,5-8,12H2,1-4H3,(H,13,15). The number of hydrogen-bond donors (Lipinski definition) is 2. The van der Waals surface area contributed by atoms with Crippen molar-refractivity contribution in [1.82, 2.24) is 10.2 Å². The molecule has 0 aromatic carbocycles. The number of hydrogen-bond acceptors (Lipinski definition) is 3. The third kappa shape index (κ3) is 5.92. The lowest BCUT2D eigenvalue weighted by Crippen LogP contribution is -2.48. The highest BCUT2D eigenvalue weighted by Crippen LogP contribution is 2.01. The minimum Gasteiger partial charge on any atom is -0.383 e. The van der Waals surface area contributed by atoms with E-state index in [4.69, 9.17) is 10.5 Å². The van der Waals surface area contributed by atoms with Crippen molar-refractivity contribution in [2.75, 3.05) is 33.4 Å². The van der Waals surface area contributed by atoms with E-state index in [1.54, 1.807) is 12.0 Å². The lowest BCUT2D eigenvalue weighted by atomic mass is 10.1. The fourth-order valence-electron chi connectivity index (χ4n) is 1.12. The highest BCUT2D eigenvalue weighted by Gasteiger charge is 2.16. The van der Waals surface area contributed by atoms with Crippen LogP contribution in [0.25, 0.3) is 0 Å². The van der Waals surface area contributed by atoms with Crippen LogP contribution in [0.3, 0.4) is 0 Å². The maximum atomic E-state index is 11.9. The Bertz CT molecular complexity index is 198. The van der Waals surface area contributed by atoms with E-state index >= 15 is 0 Å². The Morgan fingerprint density at radius 3 is 2.44 bits per heavy atom. The highest BCUT2D eigenvalue weighted by molar-refractivity contribution is 5.74.